The first-order valence-corrected chi connectivity index (χ1v) is 5.60. The van der Waals surface area contributed by atoms with Gasteiger partial charge in [0, 0.05) is 13.1 Å². The van der Waals surface area contributed by atoms with Crippen molar-refractivity contribution in [1.29, 1.82) is 0 Å². The summed E-state index contributed by atoms with van der Waals surface area (Å²) in [6.45, 7) is 5.69. The van der Waals surface area contributed by atoms with E-state index in [-0.39, 0.29) is 12.5 Å². The van der Waals surface area contributed by atoms with E-state index in [0.29, 0.717) is 12.0 Å². The van der Waals surface area contributed by atoms with E-state index in [4.69, 9.17) is 4.74 Å². The molecule has 92 valence electrons. The van der Waals surface area contributed by atoms with E-state index in [0.717, 1.165) is 0 Å². The second-order valence-corrected chi connectivity index (χ2v) is 4.93. The highest BCUT2D eigenvalue weighted by Crippen LogP contribution is 2.18. The number of aliphatic imine (C=N–C) groups is 1. The van der Waals surface area contributed by atoms with Crippen molar-refractivity contribution in [2.24, 2.45) is 4.99 Å². The Labute approximate surface area is 96.7 Å². The van der Waals surface area contributed by atoms with E-state index < -0.39 is 5.60 Å². The van der Waals surface area contributed by atoms with Gasteiger partial charge in [0.2, 0.25) is 0 Å². The third-order valence-electron chi connectivity index (χ3n) is 1.96. The van der Waals surface area contributed by atoms with Gasteiger partial charge in [0.1, 0.15) is 12.1 Å². The molecule has 1 saturated carbocycles. The zero-order valence-corrected chi connectivity index (χ0v) is 10.5. The van der Waals surface area contributed by atoms with Gasteiger partial charge in [-0.15, -0.1) is 0 Å². The summed E-state index contributed by atoms with van der Waals surface area (Å²) in [6.07, 6.45) is 2.35. The van der Waals surface area contributed by atoms with Crippen LogP contribution in [0, 0.1) is 0 Å². The lowest BCUT2D eigenvalue weighted by atomic mass is 10.2. The number of hydrogen-bond acceptors (Lipinski definition) is 3. The number of ether oxygens (including phenoxy) is 1. The Balaban J connectivity index is 2.23. The number of hydrogen-bond donors (Lipinski definition) is 2. The summed E-state index contributed by atoms with van der Waals surface area (Å²) in [5, 5.41) is 6.12. The highest BCUT2D eigenvalue weighted by atomic mass is 16.6. The van der Waals surface area contributed by atoms with E-state index in [1.807, 2.05) is 20.8 Å². The topological polar surface area (TPSA) is 62.7 Å². The lowest BCUT2D eigenvalue weighted by molar-refractivity contribution is -0.153. The Hall–Kier alpha value is -1.26. The predicted molar refractivity (Wildman–Crippen MR) is 63.4 cm³/mol. The van der Waals surface area contributed by atoms with Crippen molar-refractivity contribution >= 4 is 11.9 Å². The monoisotopic (exact) mass is 227 g/mol. The number of esters is 1. The van der Waals surface area contributed by atoms with Crippen molar-refractivity contribution in [3.8, 4) is 0 Å². The van der Waals surface area contributed by atoms with E-state index in [1.54, 1.807) is 7.05 Å². The van der Waals surface area contributed by atoms with Crippen molar-refractivity contribution in [2.75, 3.05) is 13.6 Å². The number of rotatable bonds is 3. The maximum absolute atomic E-state index is 11.4. The number of nitrogens with zero attached hydrogens (tertiary/aromatic N) is 1. The first-order chi connectivity index (χ1) is 7.40. The Morgan fingerprint density at radius 3 is 2.50 bits per heavy atom. The van der Waals surface area contributed by atoms with Crippen LogP contribution in [-0.4, -0.2) is 37.2 Å². The van der Waals surface area contributed by atoms with Gasteiger partial charge >= 0.3 is 5.97 Å². The molecule has 0 heterocycles. The van der Waals surface area contributed by atoms with Crippen molar-refractivity contribution in [2.45, 2.75) is 45.3 Å². The van der Waals surface area contributed by atoms with Crippen molar-refractivity contribution in [1.82, 2.24) is 10.6 Å². The minimum absolute atomic E-state index is 0.143. The summed E-state index contributed by atoms with van der Waals surface area (Å²) in [5.41, 5.74) is -0.438. The molecule has 0 aliphatic heterocycles. The minimum Gasteiger partial charge on any atom is -0.459 e. The first kappa shape index (κ1) is 12.8. The van der Waals surface area contributed by atoms with Crippen molar-refractivity contribution < 1.29 is 9.53 Å². The first-order valence-electron chi connectivity index (χ1n) is 5.60. The van der Waals surface area contributed by atoms with Crippen LogP contribution in [0.15, 0.2) is 4.99 Å². The van der Waals surface area contributed by atoms with E-state index >= 15 is 0 Å². The van der Waals surface area contributed by atoms with Gasteiger partial charge in [-0.05, 0) is 33.6 Å². The molecule has 0 aromatic carbocycles. The van der Waals surface area contributed by atoms with Crippen LogP contribution in [0.3, 0.4) is 0 Å². The molecule has 1 aliphatic rings. The molecule has 0 unspecified atom stereocenters. The van der Waals surface area contributed by atoms with Crippen LogP contribution in [-0.2, 0) is 9.53 Å². The van der Waals surface area contributed by atoms with Gasteiger partial charge in [-0.2, -0.15) is 0 Å². The fraction of sp³-hybridized carbons (Fsp3) is 0.818. The molecule has 5 heteroatoms. The molecule has 0 saturated heterocycles. The Kier molecular flexibility index (Phi) is 4.15. The molecule has 0 aromatic heterocycles. The molecule has 1 aliphatic carbocycles. The van der Waals surface area contributed by atoms with Crippen molar-refractivity contribution in [3.63, 3.8) is 0 Å². The van der Waals surface area contributed by atoms with Gasteiger partial charge in [0.15, 0.2) is 5.96 Å². The second-order valence-electron chi connectivity index (χ2n) is 4.93. The molecular formula is C11H21N3O2. The van der Waals surface area contributed by atoms with Crippen LogP contribution in [0.1, 0.15) is 33.6 Å². The summed E-state index contributed by atoms with van der Waals surface area (Å²) in [4.78, 5) is 15.4. The SMILES string of the molecule is CN=C(NCC(=O)OC(C)(C)C)NC1CC1. The number of carbonyl (C=O) groups excluding carboxylic acids is 1. The zero-order valence-electron chi connectivity index (χ0n) is 10.5. The molecule has 16 heavy (non-hydrogen) atoms. The van der Waals surface area contributed by atoms with Crippen molar-refractivity contribution in [3.05, 3.63) is 0 Å². The fourth-order valence-corrected chi connectivity index (χ4v) is 1.15. The summed E-state index contributed by atoms with van der Waals surface area (Å²) >= 11 is 0. The highest BCUT2D eigenvalue weighted by molar-refractivity contribution is 5.84. The summed E-state index contributed by atoms with van der Waals surface area (Å²) < 4.78 is 5.17. The molecule has 0 spiro atoms. The van der Waals surface area contributed by atoms with Crippen LogP contribution in [0.2, 0.25) is 0 Å². The quantitative estimate of drug-likeness (QED) is 0.422. The molecule has 0 amide bonds. The van der Waals surface area contributed by atoms with Gasteiger partial charge in [-0.1, -0.05) is 0 Å². The van der Waals surface area contributed by atoms with E-state index in [2.05, 4.69) is 15.6 Å². The fourth-order valence-electron chi connectivity index (χ4n) is 1.15. The molecule has 0 radical (unpaired) electrons. The van der Waals surface area contributed by atoms with E-state index in [9.17, 15) is 4.79 Å². The zero-order chi connectivity index (χ0) is 12.2. The lowest BCUT2D eigenvalue weighted by Gasteiger charge is -2.20. The molecule has 0 bridgehead atoms. The highest BCUT2D eigenvalue weighted by Gasteiger charge is 2.22. The second kappa shape index (κ2) is 5.18. The van der Waals surface area contributed by atoms with E-state index in [1.165, 1.54) is 12.8 Å². The minimum atomic E-state index is -0.438. The van der Waals surface area contributed by atoms with Gasteiger partial charge in [0.25, 0.3) is 0 Å². The van der Waals surface area contributed by atoms with Gasteiger partial charge < -0.3 is 15.4 Å². The normalized spacial score (nSPS) is 16.9. The third kappa shape index (κ3) is 5.58. The van der Waals surface area contributed by atoms with Gasteiger partial charge in [-0.25, -0.2) is 0 Å². The molecule has 5 nitrogen and oxygen atoms in total. The number of nitrogens with one attached hydrogen (secondary N) is 2. The molecule has 1 rings (SSSR count). The number of guanidine groups is 1. The Morgan fingerprint density at radius 2 is 2.06 bits per heavy atom. The average molecular weight is 227 g/mol. The van der Waals surface area contributed by atoms with Crippen LogP contribution in [0.5, 0.6) is 0 Å². The molecule has 0 atom stereocenters. The smallest absolute Gasteiger partial charge is 0.325 e. The van der Waals surface area contributed by atoms with Gasteiger partial charge in [-0.3, -0.25) is 9.79 Å². The van der Waals surface area contributed by atoms with Crippen LogP contribution in [0.4, 0.5) is 0 Å². The maximum atomic E-state index is 11.4. The lowest BCUT2D eigenvalue weighted by Crippen LogP contribution is -2.42. The van der Waals surface area contributed by atoms with Crippen LogP contribution < -0.4 is 10.6 Å². The standard InChI is InChI=1S/C11H21N3O2/c1-11(2,3)16-9(15)7-13-10(12-4)14-8-5-6-8/h8H,5-7H2,1-4H3,(H2,12,13,14). The predicted octanol–water partition coefficient (Wildman–Crippen LogP) is 0.655. The van der Waals surface area contributed by atoms with Gasteiger partial charge in [0.05, 0.1) is 0 Å². The summed E-state index contributed by atoms with van der Waals surface area (Å²) in [6, 6.07) is 0.518. The molecule has 1 fully saturated rings. The van der Waals surface area contributed by atoms with Crippen LogP contribution >= 0.6 is 0 Å². The molecule has 0 aromatic rings. The number of carbonyl (C=O) groups is 1. The largest absolute Gasteiger partial charge is 0.459 e. The van der Waals surface area contributed by atoms with Crippen LogP contribution in [0.25, 0.3) is 0 Å². The summed E-state index contributed by atoms with van der Waals surface area (Å²) in [7, 11) is 1.69. The Bertz CT molecular complexity index is 277. The molecule has 2 N–H and O–H groups in total. The third-order valence-corrected chi connectivity index (χ3v) is 1.96. The average Bonchev–Trinajstić information content (AvgIpc) is 2.92. The summed E-state index contributed by atoms with van der Waals surface area (Å²) in [5.74, 6) is 0.389. The molecular weight excluding hydrogens is 206 g/mol. The Morgan fingerprint density at radius 1 is 1.44 bits per heavy atom. The maximum Gasteiger partial charge on any atom is 0.325 e.